The van der Waals surface area contributed by atoms with Gasteiger partial charge < -0.3 is 26.0 Å². The maximum Gasteiger partial charge on any atom is 0.407 e. The second-order valence-corrected chi connectivity index (χ2v) is 8.55. The summed E-state index contributed by atoms with van der Waals surface area (Å²) in [4.78, 5) is 21.2. The summed E-state index contributed by atoms with van der Waals surface area (Å²) in [7, 11) is 1.56. The zero-order chi connectivity index (χ0) is 25.0. The van der Waals surface area contributed by atoms with E-state index in [0.29, 0.717) is 30.3 Å². The Labute approximate surface area is 201 Å². The quantitative estimate of drug-likeness (QED) is 0.291. The van der Waals surface area contributed by atoms with Crippen LogP contribution >= 0.6 is 0 Å². The first-order valence-corrected chi connectivity index (χ1v) is 11.3. The minimum absolute atomic E-state index is 0.316. The maximum absolute atomic E-state index is 11.0. The van der Waals surface area contributed by atoms with Crippen LogP contribution in [0.3, 0.4) is 0 Å². The molecule has 0 saturated carbocycles. The Morgan fingerprint density at radius 3 is 2.62 bits per heavy atom. The van der Waals surface area contributed by atoms with Crippen LogP contribution in [0.5, 0.6) is 0 Å². The van der Waals surface area contributed by atoms with Crippen LogP contribution in [0.1, 0.15) is 51.2 Å². The van der Waals surface area contributed by atoms with Crippen molar-refractivity contribution < 1.29 is 9.90 Å². The molecule has 34 heavy (non-hydrogen) atoms. The van der Waals surface area contributed by atoms with Crippen molar-refractivity contribution in [2.75, 3.05) is 37.3 Å². The van der Waals surface area contributed by atoms with E-state index in [-0.39, 0.29) is 5.54 Å². The van der Waals surface area contributed by atoms with Gasteiger partial charge in [-0.25, -0.2) is 9.78 Å². The number of nitriles is 1. The number of benzene rings is 1. The Bertz CT molecular complexity index is 1050. The number of hydrogen-bond donors (Lipinski definition) is 4. The lowest BCUT2D eigenvalue weighted by molar-refractivity contribution is 0.143. The highest BCUT2D eigenvalue weighted by Gasteiger charge is 2.21. The fraction of sp³-hybridized carbons (Fsp3) is 0.440. The number of unbranched alkanes of at least 4 members (excludes halogenated alkanes) is 1. The molecule has 0 radical (unpaired) electrons. The van der Waals surface area contributed by atoms with E-state index in [1.54, 1.807) is 25.4 Å². The number of carbonyl (C=O) groups is 1. The van der Waals surface area contributed by atoms with Crippen molar-refractivity contribution in [1.82, 2.24) is 20.2 Å². The van der Waals surface area contributed by atoms with E-state index in [1.807, 2.05) is 26.0 Å². The molecule has 1 aromatic carbocycles. The van der Waals surface area contributed by atoms with Crippen LogP contribution in [0.4, 0.5) is 22.2 Å². The minimum atomic E-state index is -0.937. The predicted octanol–water partition coefficient (Wildman–Crippen LogP) is 4.02. The maximum atomic E-state index is 11.0. The van der Waals surface area contributed by atoms with Gasteiger partial charge in [-0.1, -0.05) is 18.8 Å². The summed E-state index contributed by atoms with van der Waals surface area (Å²) in [5, 5.41) is 27.8. The van der Waals surface area contributed by atoms with E-state index in [2.05, 4.69) is 50.8 Å². The number of carboxylic acid groups (broad SMARTS) is 1. The topological polar surface area (TPSA) is 126 Å². The molecule has 0 saturated heterocycles. The molecule has 0 unspecified atom stereocenters. The van der Waals surface area contributed by atoms with Gasteiger partial charge in [-0.05, 0) is 57.5 Å². The Morgan fingerprint density at radius 2 is 1.97 bits per heavy atom. The third kappa shape index (κ3) is 8.97. The first kappa shape index (κ1) is 26.4. The number of nitrogens with one attached hydrogen (secondary N) is 3. The van der Waals surface area contributed by atoms with Crippen molar-refractivity contribution in [2.24, 2.45) is 0 Å². The summed E-state index contributed by atoms with van der Waals surface area (Å²) in [6.45, 7) is 7.95. The number of amides is 1. The fourth-order valence-electron chi connectivity index (χ4n) is 3.15. The van der Waals surface area contributed by atoms with Crippen LogP contribution in [-0.2, 0) is 0 Å². The summed E-state index contributed by atoms with van der Waals surface area (Å²) in [5.74, 6) is 7.47. The van der Waals surface area contributed by atoms with Gasteiger partial charge in [0.25, 0.3) is 0 Å². The molecule has 0 aliphatic carbocycles. The number of nitrogens with zero attached hydrogens (tertiary/aromatic N) is 4. The molecule has 0 aliphatic rings. The van der Waals surface area contributed by atoms with Gasteiger partial charge in [0.05, 0.1) is 23.4 Å². The van der Waals surface area contributed by atoms with Gasteiger partial charge in [0.2, 0.25) is 5.95 Å². The second-order valence-electron chi connectivity index (χ2n) is 8.55. The van der Waals surface area contributed by atoms with E-state index >= 15 is 0 Å². The SMILES string of the molecule is CCCNc1nc(Nc2ccc(C#N)cc2)ncc1C#CCCCNC(C)(C)CN(C)C(=O)O. The first-order chi connectivity index (χ1) is 16.2. The van der Waals surface area contributed by atoms with Crippen LogP contribution in [0.2, 0.25) is 0 Å². The summed E-state index contributed by atoms with van der Waals surface area (Å²) in [6.07, 6.45) is 3.25. The largest absolute Gasteiger partial charge is 0.465 e. The number of aromatic nitrogens is 2. The Hall–Kier alpha value is -3.82. The van der Waals surface area contributed by atoms with Gasteiger partial charge in [0.1, 0.15) is 5.82 Å². The van der Waals surface area contributed by atoms with Gasteiger partial charge in [-0.15, -0.1) is 0 Å². The van der Waals surface area contributed by atoms with Crippen LogP contribution in [0.25, 0.3) is 0 Å². The second kappa shape index (κ2) is 13.0. The lowest BCUT2D eigenvalue weighted by Crippen LogP contribution is -2.49. The molecule has 2 rings (SSSR count). The van der Waals surface area contributed by atoms with E-state index in [9.17, 15) is 4.79 Å². The summed E-state index contributed by atoms with van der Waals surface area (Å²) in [6, 6.07) is 9.19. The molecule has 1 aromatic heterocycles. The van der Waals surface area contributed by atoms with Crippen molar-refractivity contribution in [2.45, 2.75) is 45.6 Å². The molecule has 0 aliphatic heterocycles. The zero-order valence-corrected chi connectivity index (χ0v) is 20.3. The van der Waals surface area contributed by atoms with Gasteiger partial charge in [0, 0.05) is 37.8 Å². The molecule has 0 bridgehead atoms. The first-order valence-electron chi connectivity index (χ1n) is 11.3. The van der Waals surface area contributed by atoms with E-state index in [0.717, 1.165) is 37.2 Å². The number of anilines is 3. The van der Waals surface area contributed by atoms with E-state index in [1.165, 1.54) is 4.90 Å². The highest BCUT2D eigenvalue weighted by atomic mass is 16.4. The van der Waals surface area contributed by atoms with Crippen molar-refractivity contribution in [1.29, 1.82) is 5.26 Å². The molecule has 1 heterocycles. The number of rotatable bonds is 11. The molecule has 2 aromatic rings. The lowest BCUT2D eigenvalue weighted by atomic mass is 10.0. The van der Waals surface area contributed by atoms with Crippen LogP contribution in [0, 0.1) is 23.2 Å². The number of hydrogen-bond acceptors (Lipinski definition) is 7. The summed E-state index contributed by atoms with van der Waals surface area (Å²) < 4.78 is 0. The van der Waals surface area contributed by atoms with Gasteiger partial charge in [0.15, 0.2) is 0 Å². The van der Waals surface area contributed by atoms with Crippen molar-refractivity contribution in [3.63, 3.8) is 0 Å². The monoisotopic (exact) mass is 463 g/mol. The lowest BCUT2D eigenvalue weighted by Gasteiger charge is -2.30. The Morgan fingerprint density at radius 1 is 1.24 bits per heavy atom. The normalized spacial score (nSPS) is 10.6. The average Bonchev–Trinajstić information content (AvgIpc) is 2.81. The smallest absolute Gasteiger partial charge is 0.407 e. The zero-order valence-electron chi connectivity index (χ0n) is 20.3. The molecular formula is C25H33N7O2. The third-order valence-electron chi connectivity index (χ3n) is 4.87. The molecule has 180 valence electrons. The van der Waals surface area contributed by atoms with Crippen molar-refractivity contribution in [3.8, 4) is 17.9 Å². The van der Waals surface area contributed by atoms with Crippen molar-refractivity contribution in [3.05, 3.63) is 41.6 Å². The molecule has 4 N–H and O–H groups in total. The van der Waals surface area contributed by atoms with Crippen molar-refractivity contribution >= 4 is 23.5 Å². The standard InChI is InChI=1S/C25H33N7O2/c1-5-14-27-22-20(9-7-6-8-15-29-25(2,3)18-32(4)24(33)34)17-28-23(31-22)30-21-12-10-19(16-26)11-13-21/h10-13,17,29H,5-6,8,14-15,18H2,1-4H3,(H,33,34)(H2,27,28,30,31). The Balaban J connectivity index is 1.95. The highest BCUT2D eigenvalue weighted by molar-refractivity contribution is 5.64. The van der Waals surface area contributed by atoms with E-state index in [4.69, 9.17) is 10.4 Å². The Kier molecular flexibility index (Phi) is 10.1. The van der Waals surface area contributed by atoms with Crippen LogP contribution in [-0.4, -0.2) is 58.3 Å². The van der Waals surface area contributed by atoms with Crippen LogP contribution in [0.15, 0.2) is 30.5 Å². The summed E-state index contributed by atoms with van der Waals surface area (Å²) >= 11 is 0. The minimum Gasteiger partial charge on any atom is -0.465 e. The molecule has 1 amide bonds. The molecular weight excluding hydrogens is 430 g/mol. The third-order valence-corrected chi connectivity index (χ3v) is 4.87. The molecule has 0 fully saturated rings. The molecule has 9 nitrogen and oxygen atoms in total. The van der Waals surface area contributed by atoms with Crippen LogP contribution < -0.4 is 16.0 Å². The molecule has 9 heteroatoms. The molecule has 0 atom stereocenters. The van der Waals surface area contributed by atoms with Gasteiger partial charge >= 0.3 is 6.09 Å². The number of likely N-dealkylation sites (N-methyl/N-ethyl adjacent to an activating group) is 1. The van der Waals surface area contributed by atoms with Gasteiger partial charge in [-0.2, -0.15) is 10.2 Å². The summed E-state index contributed by atoms with van der Waals surface area (Å²) in [5.41, 5.74) is 1.80. The average molecular weight is 464 g/mol. The molecule has 0 spiro atoms. The predicted molar refractivity (Wildman–Crippen MR) is 134 cm³/mol. The van der Waals surface area contributed by atoms with E-state index < -0.39 is 6.09 Å². The highest BCUT2D eigenvalue weighted by Crippen LogP contribution is 2.18. The fourth-order valence-corrected chi connectivity index (χ4v) is 3.15. The van der Waals surface area contributed by atoms with Gasteiger partial charge in [-0.3, -0.25) is 0 Å².